The van der Waals surface area contributed by atoms with Crippen LogP contribution < -0.4 is 15.4 Å². The van der Waals surface area contributed by atoms with Crippen molar-refractivity contribution in [3.05, 3.63) is 41.8 Å². The molecule has 0 spiro atoms. The maximum Gasteiger partial charge on any atom is 0.228 e. The second-order valence-electron chi connectivity index (χ2n) is 6.48. The number of aromatic nitrogens is 2. The molecule has 0 aliphatic heterocycles. The van der Waals surface area contributed by atoms with E-state index in [1.807, 2.05) is 27.7 Å². The van der Waals surface area contributed by atoms with E-state index in [9.17, 15) is 4.39 Å². The standard InChI is InChI=1S/C19H28FN5O2.HI/c1-5-21-19(22-10-9-17-24-18(13(2)3)25-27-17)23-12-14(4)26-16-8-6-7-15(20)11-16;/h6-8,11,13-14H,5,9-10,12H2,1-4H3,(H2,21,22,23);1H. The van der Waals surface area contributed by atoms with E-state index in [1.165, 1.54) is 12.1 Å². The largest absolute Gasteiger partial charge is 0.489 e. The lowest BCUT2D eigenvalue weighted by Gasteiger charge is -2.15. The van der Waals surface area contributed by atoms with Gasteiger partial charge >= 0.3 is 0 Å². The summed E-state index contributed by atoms with van der Waals surface area (Å²) in [6, 6.07) is 6.09. The minimum atomic E-state index is -0.320. The molecule has 1 heterocycles. The molecule has 156 valence electrons. The lowest BCUT2D eigenvalue weighted by atomic mass is 10.2. The SMILES string of the molecule is CCNC(=NCC(C)Oc1cccc(F)c1)NCCc1nc(C(C)C)no1.I. The number of hydrogen-bond donors (Lipinski definition) is 2. The summed E-state index contributed by atoms with van der Waals surface area (Å²) in [5.41, 5.74) is 0. The van der Waals surface area contributed by atoms with E-state index in [1.54, 1.807) is 12.1 Å². The Bertz CT molecular complexity index is 739. The van der Waals surface area contributed by atoms with Crippen LogP contribution in [0.4, 0.5) is 4.39 Å². The van der Waals surface area contributed by atoms with Gasteiger partial charge in [0.25, 0.3) is 0 Å². The molecule has 2 aromatic rings. The number of nitrogens with one attached hydrogen (secondary N) is 2. The molecule has 0 radical (unpaired) electrons. The first-order valence-corrected chi connectivity index (χ1v) is 9.24. The lowest BCUT2D eigenvalue weighted by Crippen LogP contribution is -2.39. The van der Waals surface area contributed by atoms with Gasteiger partial charge in [0.05, 0.1) is 6.54 Å². The minimum absolute atomic E-state index is 0. The molecule has 0 amide bonds. The van der Waals surface area contributed by atoms with E-state index in [0.29, 0.717) is 42.9 Å². The van der Waals surface area contributed by atoms with Crippen molar-refractivity contribution in [2.24, 2.45) is 4.99 Å². The molecule has 0 saturated heterocycles. The molecule has 0 aliphatic carbocycles. The fourth-order valence-corrected chi connectivity index (χ4v) is 2.26. The average molecular weight is 505 g/mol. The van der Waals surface area contributed by atoms with E-state index in [2.05, 4.69) is 25.8 Å². The van der Waals surface area contributed by atoms with Crippen LogP contribution in [0.25, 0.3) is 0 Å². The number of nitrogens with zero attached hydrogens (tertiary/aromatic N) is 3. The van der Waals surface area contributed by atoms with Crippen molar-refractivity contribution in [2.45, 2.75) is 46.1 Å². The van der Waals surface area contributed by atoms with Gasteiger partial charge in [-0.1, -0.05) is 25.1 Å². The average Bonchev–Trinajstić information content (AvgIpc) is 3.09. The predicted octanol–water partition coefficient (Wildman–Crippen LogP) is 3.52. The van der Waals surface area contributed by atoms with Crippen LogP contribution in [0.15, 0.2) is 33.8 Å². The van der Waals surface area contributed by atoms with Crippen LogP contribution >= 0.6 is 24.0 Å². The second kappa shape index (κ2) is 12.5. The van der Waals surface area contributed by atoms with Crippen molar-refractivity contribution in [1.82, 2.24) is 20.8 Å². The Balaban J connectivity index is 0.00000392. The molecular formula is C19H29FIN5O2. The Kier molecular flexibility index (Phi) is 10.8. The summed E-state index contributed by atoms with van der Waals surface area (Å²) in [5, 5.41) is 10.4. The third-order valence-corrected chi connectivity index (χ3v) is 3.62. The van der Waals surface area contributed by atoms with Crippen molar-refractivity contribution < 1.29 is 13.7 Å². The summed E-state index contributed by atoms with van der Waals surface area (Å²) in [4.78, 5) is 8.86. The Morgan fingerprint density at radius 3 is 2.71 bits per heavy atom. The van der Waals surface area contributed by atoms with Crippen molar-refractivity contribution in [1.29, 1.82) is 0 Å². The highest BCUT2D eigenvalue weighted by molar-refractivity contribution is 14.0. The molecule has 2 rings (SSSR count). The van der Waals surface area contributed by atoms with Crippen LogP contribution in [-0.4, -0.2) is 41.8 Å². The number of guanidine groups is 1. The van der Waals surface area contributed by atoms with Crippen molar-refractivity contribution in [2.75, 3.05) is 19.6 Å². The minimum Gasteiger partial charge on any atom is -0.489 e. The molecule has 1 aromatic heterocycles. The van der Waals surface area contributed by atoms with E-state index < -0.39 is 0 Å². The molecule has 1 unspecified atom stereocenters. The number of ether oxygens (including phenoxy) is 1. The van der Waals surface area contributed by atoms with Gasteiger partial charge in [0.1, 0.15) is 17.7 Å². The summed E-state index contributed by atoms with van der Waals surface area (Å²) in [5.74, 6) is 2.41. The zero-order chi connectivity index (χ0) is 19.6. The van der Waals surface area contributed by atoms with Gasteiger partial charge in [-0.2, -0.15) is 4.98 Å². The molecule has 0 fully saturated rings. The van der Waals surface area contributed by atoms with Gasteiger partial charge in [0.2, 0.25) is 5.89 Å². The monoisotopic (exact) mass is 505 g/mol. The highest BCUT2D eigenvalue weighted by Crippen LogP contribution is 2.13. The number of halogens is 2. The van der Waals surface area contributed by atoms with Gasteiger partial charge in [-0.05, 0) is 26.0 Å². The van der Waals surface area contributed by atoms with Gasteiger partial charge in [0.15, 0.2) is 11.8 Å². The van der Waals surface area contributed by atoms with Crippen LogP contribution in [0.1, 0.15) is 45.3 Å². The third-order valence-electron chi connectivity index (χ3n) is 3.62. The first kappa shape index (κ1) is 24.1. The van der Waals surface area contributed by atoms with Crippen molar-refractivity contribution in [3.8, 4) is 5.75 Å². The molecule has 1 atom stereocenters. The quantitative estimate of drug-likeness (QED) is 0.308. The van der Waals surface area contributed by atoms with Crippen LogP contribution in [0, 0.1) is 5.82 Å². The normalized spacial score (nSPS) is 12.4. The summed E-state index contributed by atoms with van der Waals surface area (Å²) in [6.07, 6.45) is 0.422. The highest BCUT2D eigenvalue weighted by Gasteiger charge is 2.10. The molecule has 0 saturated carbocycles. The van der Waals surface area contributed by atoms with Crippen molar-refractivity contribution >= 4 is 29.9 Å². The number of aliphatic imine (C=N–C) groups is 1. The number of hydrogen-bond acceptors (Lipinski definition) is 5. The molecule has 28 heavy (non-hydrogen) atoms. The third kappa shape index (κ3) is 8.41. The van der Waals surface area contributed by atoms with Gasteiger partial charge < -0.3 is 19.9 Å². The second-order valence-corrected chi connectivity index (χ2v) is 6.48. The molecule has 9 heteroatoms. The zero-order valence-corrected chi connectivity index (χ0v) is 19.1. The fourth-order valence-electron chi connectivity index (χ4n) is 2.26. The summed E-state index contributed by atoms with van der Waals surface area (Å²) < 4.78 is 24.1. The summed E-state index contributed by atoms with van der Waals surface area (Å²) in [7, 11) is 0. The fraction of sp³-hybridized carbons (Fsp3) is 0.526. The van der Waals surface area contributed by atoms with E-state index in [0.717, 1.165) is 6.54 Å². The van der Waals surface area contributed by atoms with Crippen molar-refractivity contribution in [3.63, 3.8) is 0 Å². The van der Waals surface area contributed by atoms with E-state index in [-0.39, 0.29) is 41.8 Å². The highest BCUT2D eigenvalue weighted by atomic mass is 127. The Labute approximate surface area is 182 Å². The van der Waals surface area contributed by atoms with Crippen LogP contribution in [0.5, 0.6) is 5.75 Å². The van der Waals surface area contributed by atoms with Crippen LogP contribution in [0.3, 0.4) is 0 Å². The molecule has 1 aromatic carbocycles. The smallest absolute Gasteiger partial charge is 0.228 e. The summed E-state index contributed by atoms with van der Waals surface area (Å²) >= 11 is 0. The first-order chi connectivity index (χ1) is 13.0. The van der Waals surface area contributed by atoms with E-state index in [4.69, 9.17) is 9.26 Å². The maximum atomic E-state index is 13.2. The van der Waals surface area contributed by atoms with E-state index >= 15 is 0 Å². The Morgan fingerprint density at radius 2 is 2.07 bits per heavy atom. The van der Waals surface area contributed by atoms with Gasteiger partial charge in [-0.3, -0.25) is 0 Å². The molecule has 0 aliphatic rings. The number of rotatable bonds is 9. The lowest BCUT2D eigenvalue weighted by molar-refractivity contribution is 0.229. The maximum absolute atomic E-state index is 13.2. The molecule has 7 nitrogen and oxygen atoms in total. The predicted molar refractivity (Wildman–Crippen MR) is 118 cm³/mol. The van der Waals surface area contributed by atoms with Crippen LogP contribution in [0.2, 0.25) is 0 Å². The number of benzene rings is 1. The summed E-state index contributed by atoms with van der Waals surface area (Å²) in [6.45, 7) is 9.73. The Morgan fingerprint density at radius 1 is 1.29 bits per heavy atom. The topological polar surface area (TPSA) is 84.6 Å². The van der Waals surface area contributed by atoms with Gasteiger partial charge in [-0.15, -0.1) is 24.0 Å². The van der Waals surface area contributed by atoms with Gasteiger partial charge in [0, 0.05) is 31.5 Å². The zero-order valence-electron chi connectivity index (χ0n) is 16.7. The molecular weight excluding hydrogens is 476 g/mol. The first-order valence-electron chi connectivity index (χ1n) is 9.24. The molecule has 0 bridgehead atoms. The Hall–Kier alpha value is -1.91. The van der Waals surface area contributed by atoms with Crippen LogP contribution in [-0.2, 0) is 6.42 Å². The molecule has 2 N–H and O–H groups in total. The van der Waals surface area contributed by atoms with Gasteiger partial charge in [-0.25, -0.2) is 9.38 Å².